The molecule has 1 aliphatic heterocycles. The first-order valence-electron chi connectivity index (χ1n) is 16.5. The number of nitrogens with zero attached hydrogens (tertiary/aromatic N) is 3. The summed E-state index contributed by atoms with van der Waals surface area (Å²) in [6, 6.07) is 21.4. The number of carboxylic acids is 1. The van der Waals surface area contributed by atoms with Gasteiger partial charge in [-0.15, -0.1) is 11.3 Å². The summed E-state index contributed by atoms with van der Waals surface area (Å²) in [5.41, 5.74) is 6.40. The van der Waals surface area contributed by atoms with E-state index in [2.05, 4.69) is 36.1 Å². The Labute approximate surface area is 295 Å². The largest absolute Gasteiger partial charge is 0.481 e. The normalized spacial score (nSPS) is 13.8. The average Bonchev–Trinajstić information content (AvgIpc) is 3.56. The number of rotatable bonds is 9. The molecule has 50 heavy (non-hydrogen) atoms. The van der Waals surface area contributed by atoms with Crippen molar-refractivity contribution in [1.82, 2.24) is 20.2 Å². The first-order valence-corrected chi connectivity index (χ1v) is 17.3. The van der Waals surface area contributed by atoms with Crippen LogP contribution in [0.5, 0.6) is 0 Å². The van der Waals surface area contributed by atoms with Crippen molar-refractivity contribution >= 4 is 29.1 Å². The molecule has 2 aromatic heterocycles. The Morgan fingerprint density at radius 2 is 1.56 bits per heavy atom. The van der Waals surface area contributed by atoms with Crippen molar-refractivity contribution in [3.63, 3.8) is 0 Å². The molecule has 2 amide bonds. The fraction of sp³-hybridized carbons (Fsp3) is 0.275. The van der Waals surface area contributed by atoms with Crippen LogP contribution in [0.3, 0.4) is 0 Å². The van der Waals surface area contributed by atoms with Gasteiger partial charge in [-0.2, -0.15) is 0 Å². The molecule has 1 saturated heterocycles. The van der Waals surface area contributed by atoms with E-state index < -0.39 is 17.9 Å². The fourth-order valence-electron chi connectivity index (χ4n) is 6.14. The number of thiophene rings is 1. The maximum atomic E-state index is 15.3. The molecule has 0 aliphatic carbocycles. The van der Waals surface area contributed by atoms with E-state index in [1.165, 1.54) is 16.2 Å². The van der Waals surface area contributed by atoms with E-state index in [0.29, 0.717) is 21.8 Å². The number of benzene rings is 3. The molecule has 8 nitrogen and oxygen atoms in total. The number of hydrogen-bond donors (Lipinski definition) is 2. The summed E-state index contributed by atoms with van der Waals surface area (Å²) in [5.74, 6) is -2.10. The number of carboxylic acid groups (broad SMARTS) is 1. The lowest BCUT2D eigenvalue weighted by Gasteiger charge is -2.38. The second kappa shape index (κ2) is 14.0. The molecule has 0 saturated carbocycles. The molecule has 5 aromatic rings. The SMILES string of the molecule is Cc1cccc(C)c1-c1ccc(-c2cnc(-c3ccc(C[C@H](NC(=O)c4ccc(C(C)(C)C)s4)C(=O)N4CC(C(=O)O)C4)cc3)nc2)c(F)c1. The predicted octanol–water partition coefficient (Wildman–Crippen LogP) is 7.48. The minimum atomic E-state index is -0.940. The van der Waals surface area contributed by atoms with Gasteiger partial charge in [0.25, 0.3) is 5.91 Å². The summed E-state index contributed by atoms with van der Waals surface area (Å²) in [5, 5.41) is 12.2. The van der Waals surface area contributed by atoms with Gasteiger partial charge in [0.05, 0.1) is 10.8 Å². The van der Waals surface area contributed by atoms with Gasteiger partial charge in [-0.3, -0.25) is 14.4 Å². The molecule has 10 heteroatoms. The third kappa shape index (κ3) is 7.35. The lowest BCUT2D eigenvalue weighted by Crippen LogP contribution is -2.59. The quantitative estimate of drug-likeness (QED) is 0.166. The highest BCUT2D eigenvalue weighted by atomic mass is 32.1. The maximum Gasteiger partial charge on any atom is 0.310 e. The molecule has 0 bridgehead atoms. The van der Waals surface area contributed by atoms with Crippen LogP contribution in [0.25, 0.3) is 33.6 Å². The third-order valence-electron chi connectivity index (χ3n) is 9.07. The maximum absolute atomic E-state index is 15.3. The second-order valence-corrected chi connectivity index (χ2v) is 15.0. The summed E-state index contributed by atoms with van der Waals surface area (Å²) in [4.78, 5) is 50.2. The molecule has 0 radical (unpaired) electrons. The Hall–Kier alpha value is -5.22. The summed E-state index contributed by atoms with van der Waals surface area (Å²) < 4.78 is 15.3. The van der Waals surface area contributed by atoms with Crippen molar-refractivity contribution in [2.75, 3.05) is 13.1 Å². The van der Waals surface area contributed by atoms with Crippen molar-refractivity contribution in [2.45, 2.75) is 52.5 Å². The molecule has 2 N–H and O–H groups in total. The molecule has 3 heterocycles. The smallest absolute Gasteiger partial charge is 0.310 e. The van der Waals surface area contributed by atoms with Crippen LogP contribution in [0.1, 0.15) is 52.0 Å². The summed E-state index contributed by atoms with van der Waals surface area (Å²) in [6.07, 6.45) is 3.42. The van der Waals surface area contributed by atoms with Gasteiger partial charge in [0.15, 0.2) is 5.82 Å². The first kappa shape index (κ1) is 34.6. The van der Waals surface area contributed by atoms with Crippen LogP contribution in [0, 0.1) is 25.6 Å². The number of likely N-dealkylation sites (tertiary alicyclic amines) is 1. The molecule has 0 unspecified atom stereocenters. The van der Waals surface area contributed by atoms with Crippen LogP contribution in [0.2, 0.25) is 0 Å². The van der Waals surface area contributed by atoms with E-state index in [9.17, 15) is 19.5 Å². The highest BCUT2D eigenvalue weighted by Crippen LogP contribution is 2.32. The Morgan fingerprint density at radius 1 is 0.920 bits per heavy atom. The van der Waals surface area contributed by atoms with Crippen LogP contribution in [-0.2, 0) is 21.4 Å². The van der Waals surface area contributed by atoms with E-state index in [4.69, 9.17) is 0 Å². The molecule has 6 rings (SSSR count). The Morgan fingerprint density at radius 3 is 2.14 bits per heavy atom. The Bertz CT molecular complexity index is 2040. The Kier molecular flexibility index (Phi) is 9.67. The van der Waals surface area contributed by atoms with Gasteiger partial charge in [-0.05, 0) is 65.3 Å². The standard InChI is InChI=1S/C40H39FN4O4S/c1-23-7-6-8-24(2)35(23)27-13-14-30(31(41)18-27)28-19-42-36(43-20-28)26-11-9-25(10-12-26)17-32(38(47)45-21-29(22-45)39(48)49)44-37(46)33-15-16-34(50-33)40(3,4)5/h6-16,18-20,29,32H,17,21-22H2,1-5H3,(H,44,46)(H,48,49)/t32-/m0/s1. The fourth-order valence-corrected chi connectivity index (χ4v) is 7.11. The Balaban J connectivity index is 1.17. The van der Waals surface area contributed by atoms with Crippen LogP contribution >= 0.6 is 11.3 Å². The topological polar surface area (TPSA) is 112 Å². The first-order chi connectivity index (χ1) is 23.8. The highest BCUT2D eigenvalue weighted by molar-refractivity contribution is 7.14. The molecular weight excluding hydrogens is 652 g/mol. The minimum Gasteiger partial charge on any atom is -0.481 e. The van der Waals surface area contributed by atoms with E-state index >= 15 is 4.39 Å². The summed E-state index contributed by atoms with van der Waals surface area (Å²) in [6.45, 7) is 10.5. The van der Waals surface area contributed by atoms with Gasteiger partial charge in [0.2, 0.25) is 5.91 Å². The second-order valence-electron chi connectivity index (χ2n) is 13.9. The summed E-state index contributed by atoms with van der Waals surface area (Å²) >= 11 is 1.39. The summed E-state index contributed by atoms with van der Waals surface area (Å²) in [7, 11) is 0. The number of aromatic nitrogens is 2. The van der Waals surface area contributed by atoms with Gasteiger partial charge >= 0.3 is 5.97 Å². The molecule has 3 aromatic carbocycles. The number of hydrogen-bond acceptors (Lipinski definition) is 6. The van der Waals surface area contributed by atoms with Gasteiger partial charge in [0, 0.05) is 53.5 Å². The minimum absolute atomic E-state index is 0.112. The lowest BCUT2D eigenvalue weighted by atomic mass is 9.94. The van der Waals surface area contributed by atoms with Crippen LogP contribution in [-0.4, -0.2) is 56.9 Å². The number of carbonyl (C=O) groups is 3. The average molecular weight is 691 g/mol. The lowest BCUT2D eigenvalue weighted by molar-refractivity contribution is -0.153. The van der Waals surface area contributed by atoms with E-state index in [-0.39, 0.29) is 42.6 Å². The van der Waals surface area contributed by atoms with Crippen molar-refractivity contribution in [3.8, 4) is 33.6 Å². The zero-order valence-electron chi connectivity index (χ0n) is 28.7. The zero-order valence-corrected chi connectivity index (χ0v) is 29.5. The zero-order chi connectivity index (χ0) is 35.7. The van der Waals surface area contributed by atoms with Crippen molar-refractivity contribution in [2.24, 2.45) is 5.92 Å². The van der Waals surface area contributed by atoms with Crippen LogP contribution < -0.4 is 5.32 Å². The number of carbonyl (C=O) groups excluding carboxylic acids is 2. The monoisotopic (exact) mass is 690 g/mol. The molecular formula is C40H39FN4O4S. The van der Waals surface area contributed by atoms with E-state index in [1.807, 2.05) is 68.4 Å². The highest BCUT2D eigenvalue weighted by Gasteiger charge is 2.39. The molecule has 1 atom stereocenters. The molecule has 1 fully saturated rings. The van der Waals surface area contributed by atoms with E-state index in [0.717, 1.165) is 38.3 Å². The molecule has 0 spiro atoms. The van der Waals surface area contributed by atoms with Crippen molar-refractivity contribution < 1.29 is 23.9 Å². The number of aryl methyl sites for hydroxylation is 2. The number of aliphatic carboxylic acids is 1. The van der Waals surface area contributed by atoms with Gasteiger partial charge in [-0.25, -0.2) is 14.4 Å². The number of halogens is 1. The predicted molar refractivity (Wildman–Crippen MR) is 193 cm³/mol. The van der Waals surface area contributed by atoms with Crippen LogP contribution in [0.15, 0.2) is 85.2 Å². The number of nitrogens with one attached hydrogen (secondary N) is 1. The van der Waals surface area contributed by atoms with Crippen LogP contribution in [0.4, 0.5) is 4.39 Å². The molecule has 256 valence electrons. The third-order valence-corrected chi connectivity index (χ3v) is 10.6. The van der Waals surface area contributed by atoms with Crippen molar-refractivity contribution in [3.05, 3.63) is 117 Å². The van der Waals surface area contributed by atoms with Gasteiger partial charge in [-0.1, -0.05) is 75.4 Å². The van der Waals surface area contributed by atoms with Crippen molar-refractivity contribution in [1.29, 1.82) is 0 Å². The molecule has 1 aliphatic rings. The van der Waals surface area contributed by atoms with Gasteiger partial charge < -0.3 is 15.3 Å². The van der Waals surface area contributed by atoms with E-state index in [1.54, 1.807) is 30.6 Å². The number of amides is 2. The van der Waals surface area contributed by atoms with Gasteiger partial charge in [0.1, 0.15) is 11.9 Å².